The van der Waals surface area contributed by atoms with Crippen LogP contribution >= 0.6 is 22.6 Å². The van der Waals surface area contributed by atoms with Gasteiger partial charge in [-0.25, -0.2) is 0 Å². The molecule has 3 atom stereocenters. The molecule has 96 valence electrons. The van der Waals surface area contributed by atoms with Gasteiger partial charge in [-0.15, -0.1) is 0 Å². The molecule has 2 aliphatic rings. The Balaban J connectivity index is 2.07. The third-order valence-corrected chi connectivity index (χ3v) is 5.10. The zero-order valence-corrected chi connectivity index (χ0v) is 12.6. The van der Waals surface area contributed by atoms with E-state index in [-0.39, 0.29) is 17.3 Å². The molecule has 0 N–H and O–H groups in total. The Morgan fingerprint density at radius 3 is 3.06 bits per heavy atom. The Bertz CT molecular complexity index is 514. The van der Waals surface area contributed by atoms with Crippen LogP contribution in [0.2, 0.25) is 0 Å². The number of carbonyl (C=O) groups is 1. The minimum absolute atomic E-state index is 0.0108. The molecule has 0 radical (unpaired) electrons. The molecule has 3 unspecified atom stereocenters. The van der Waals surface area contributed by atoms with Crippen molar-refractivity contribution in [2.45, 2.75) is 18.8 Å². The lowest BCUT2D eigenvalue weighted by Crippen LogP contribution is -2.25. The fourth-order valence-electron chi connectivity index (χ4n) is 3.42. The fraction of sp³-hybridized carbons (Fsp3) is 0.500. The summed E-state index contributed by atoms with van der Waals surface area (Å²) in [5.41, 5.74) is 1.13. The van der Waals surface area contributed by atoms with Crippen LogP contribution in [0.3, 0.4) is 0 Å². The highest BCUT2D eigenvalue weighted by Crippen LogP contribution is 2.65. The van der Waals surface area contributed by atoms with Gasteiger partial charge < -0.3 is 9.47 Å². The van der Waals surface area contributed by atoms with Crippen molar-refractivity contribution in [1.29, 1.82) is 0 Å². The molecule has 0 saturated heterocycles. The summed E-state index contributed by atoms with van der Waals surface area (Å²) in [6.07, 6.45) is 0.904. The fourth-order valence-corrected chi connectivity index (χ4v) is 3.91. The second kappa shape index (κ2) is 4.11. The van der Waals surface area contributed by atoms with Crippen LogP contribution in [0.1, 0.15) is 18.9 Å². The highest BCUT2D eigenvalue weighted by molar-refractivity contribution is 14.1. The lowest BCUT2D eigenvalue weighted by molar-refractivity contribution is -0.143. The normalized spacial score (nSPS) is 32.6. The number of halogens is 1. The van der Waals surface area contributed by atoms with Gasteiger partial charge in [0.2, 0.25) is 0 Å². The number of fused-ring (bicyclic) bond motifs is 2. The molecule has 0 bridgehead atoms. The maximum absolute atomic E-state index is 11.9. The average molecular weight is 358 g/mol. The van der Waals surface area contributed by atoms with Gasteiger partial charge in [-0.2, -0.15) is 0 Å². The highest BCUT2D eigenvalue weighted by Gasteiger charge is 2.68. The van der Waals surface area contributed by atoms with Gasteiger partial charge in [0.05, 0.1) is 19.6 Å². The van der Waals surface area contributed by atoms with Gasteiger partial charge in [-0.05, 0) is 53.1 Å². The molecular weight excluding hydrogens is 343 g/mol. The van der Waals surface area contributed by atoms with Gasteiger partial charge >= 0.3 is 5.97 Å². The number of benzene rings is 1. The lowest BCUT2D eigenvalue weighted by atomic mass is 9.86. The van der Waals surface area contributed by atoms with Gasteiger partial charge in [0.1, 0.15) is 5.75 Å². The summed E-state index contributed by atoms with van der Waals surface area (Å²) < 4.78 is 11.8. The molecule has 0 aromatic heterocycles. The first-order valence-corrected chi connectivity index (χ1v) is 7.20. The molecular formula is C14H15IO3. The first kappa shape index (κ1) is 12.3. The number of methoxy groups -OCH3 is 1. The minimum atomic E-state index is -0.0887. The summed E-state index contributed by atoms with van der Waals surface area (Å²) in [5.74, 6) is 1.17. The Labute approximate surface area is 120 Å². The van der Waals surface area contributed by atoms with E-state index >= 15 is 0 Å². The van der Waals surface area contributed by atoms with Crippen molar-refractivity contribution in [3.63, 3.8) is 0 Å². The Morgan fingerprint density at radius 2 is 2.33 bits per heavy atom. The average Bonchev–Trinajstić information content (AvgIpc) is 2.95. The molecule has 3 nitrogen and oxygen atoms in total. The maximum atomic E-state index is 11.9. The zero-order valence-electron chi connectivity index (χ0n) is 10.4. The summed E-state index contributed by atoms with van der Waals surface area (Å²) in [6.45, 7) is 2.82. The van der Waals surface area contributed by atoms with Gasteiger partial charge in [0.25, 0.3) is 0 Å². The van der Waals surface area contributed by atoms with Crippen molar-refractivity contribution in [3.05, 3.63) is 27.3 Å². The van der Waals surface area contributed by atoms with E-state index in [0.29, 0.717) is 12.5 Å². The Morgan fingerprint density at radius 1 is 1.56 bits per heavy atom. The van der Waals surface area contributed by atoms with Crippen molar-refractivity contribution >= 4 is 28.6 Å². The second-order valence-corrected chi connectivity index (χ2v) is 6.31. The molecule has 3 rings (SSSR count). The molecule has 1 aliphatic carbocycles. The van der Waals surface area contributed by atoms with E-state index in [1.165, 1.54) is 16.2 Å². The molecule has 4 heteroatoms. The first-order chi connectivity index (χ1) is 8.61. The Kier molecular flexibility index (Phi) is 2.80. The van der Waals surface area contributed by atoms with Crippen LogP contribution in [0.25, 0.3) is 0 Å². The molecule has 1 aromatic rings. The molecule has 18 heavy (non-hydrogen) atoms. The van der Waals surface area contributed by atoms with E-state index in [4.69, 9.17) is 9.47 Å². The van der Waals surface area contributed by atoms with Gasteiger partial charge in [0, 0.05) is 14.5 Å². The van der Waals surface area contributed by atoms with Crippen LogP contribution in [0.4, 0.5) is 0 Å². The number of esters is 1. The standard InChI is InChI=1S/C14H15IO3/c1-8-12(13(16)17-2)14(8)5-6-18-11-4-3-9(15)7-10(11)14/h3-4,7-8,12H,5-6H2,1-2H3. The zero-order chi connectivity index (χ0) is 12.9. The summed E-state index contributed by atoms with van der Waals surface area (Å²) >= 11 is 2.30. The Hall–Kier alpha value is -0.780. The van der Waals surface area contributed by atoms with Crippen LogP contribution < -0.4 is 4.74 Å². The third kappa shape index (κ3) is 1.51. The van der Waals surface area contributed by atoms with E-state index in [1.807, 2.05) is 12.1 Å². The van der Waals surface area contributed by atoms with Crippen molar-refractivity contribution < 1.29 is 14.3 Å². The molecule has 1 fully saturated rings. The molecule has 1 aliphatic heterocycles. The lowest BCUT2D eigenvalue weighted by Gasteiger charge is -2.27. The number of hydrogen-bond acceptors (Lipinski definition) is 3. The molecule has 1 aromatic carbocycles. The van der Waals surface area contributed by atoms with E-state index in [0.717, 1.165) is 12.2 Å². The minimum Gasteiger partial charge on any atom is -0.493 e. The summed E-state index contributed by atoms with van der Waals surface area (Å²) in [5, 5.41) is 0. The van der Waals surface area contributed by atoms with Crippen LogP contribution in [0.5, 0.6) is 5.75 Å². The SMILES string of the molecule is COC(=O)C1C(C)C12CCOc1ccc(I)cc12. The monoisotopic (exact) mass is 358 g/mol. The predicted molar refractivity (Wildman–Crippen MR) is 75.6 cm³/mol. The summed E-state index contributed by atoms with van der Waals surface area (Å²) in [4.78, 5) is 11.9. The molecule has 1 spiro atoms. The van der Waals surface area contributed by atoms with Crippen molar-refractivity contribution in [2.75, 3.05) is 13.7 Å². The maximum Gasteiger partial charge on any atom is 0.309 e. The number of rotatable bonds is 1. The third-order valence-electron chi connectivity index (χ3n) is 4.43. The van der Waals surface area contributed by atoms with Crippen LogP contribution in [0, 0.1) is 15.4 Å². The largest absolute Gasteiger partial charge is 0.493 e. The highest BCUT2D eigenvalue weighted by atomic mass is 127. The van der Waals surface area contributed by atoms with Gasteiger partial charge in [-0.3, -0.25) is 4.79 Å². The predicted octanol–water partition coefficient (Wildman–Crippen LogP) is 2.75. The topological polar surface area (TPSA) is 35.5 Å². The van der Waals surface area contributed by atoms with Crippen LogP contribution in [-0.4, -0.2) is 19.7 Å². The number of hydrogen-bond donors (Lipinski definition) is 0. The number of ether oxygens (including phenoxy) is 2. The quantitative estimate of drug-likeness (QED) is 0.572. The summed E-state index contributed by atoms with van der Waals surface area (Å²) in [7, 11) is 1.47. The molecule has 1 saturated carbocycles. The van der Waals surface area contributed by atoms with Crippen LogP contribution in [0.15, 0.2) is 18.2 Å². The van der Waals surface area contributed by atoms with Gasteiger partial charge in [-0.1, -0.05) is 6.92 Å². The van der Waals surface area contributed by atoms with E-state index in [2.05, 4.69) is 35.6 Å². The van der Waals surface area contributed by atoms with Crippen molar-refractivity contribution in [1.82, 2.24) is 0 Å². The molecule has 0 amide bonds. The van der Waals surface area contributed by atoms with Crippen LogP contribution in [-0.2, 0) is 14.9 Å². The van der Waals surface area contributed by atoms with E-state index < -0.39 is 0 Å². The first-order valence-electron chi connectivity index (χ1n) is 6.12. The smallest absolute Gasteiger partial charge is 0.309 e. The second-order valence-electron chi connectivity index (χ2n) is 5.07. The number of carbonyl (C=O) groups excluding carboxylic acids is 1. The van der Waals surface area contributed by atoms with Gasteiger partial charge in [0.15, 0.2) is 0 Å². The van der Waals surface area contributed by atoms with E-state index in [9.17, 15) is 4.79 Å². The molecule has 1 heterocycles. The van der Waals surface area contributed by atoms with E-state index in [1.54, 1.807) is 0 Å². The van der Waals surface area contributed by atoms with Crippen molar-refractivity contribution in [3.8, 4) is 5.75 Å². The summed E-state index contributed by atoms with van der Waals surface area (Å²) in [6, 6.07) is 6.20. The van der Waals surface area contributed by atoms with Crippen molar-refractivity contribution in [2.24, 2.45) is 11.8 Å².